The number of anilines is 1. The number of halogens is 1. The molecular formula is C11H11ClN2O3S. The molecule has 5 nitrogen and oxygen atoms in total. The number of aliphatic carboxylic acids is 1. The van der Waals surface area contributed by atoms with Crippen LogP contribution in [0.2, 0.25) is 5.02 Å². The van der Waals surface area contributed by atoms with E-state index in [0.29, 0.717) is 27.9 Å². The van der Waals surface area contributed by atoms with Gasteiger partial charge < -0.3 is 15.7 Å². The normalized spacial score (nSPS) is 18.9. The molecule has 0 spiro atoms. The van der Waals surface area contributed by atoms with Crippen molar-refractivity contribution in [3.63, 3.8) is 0 Å². The number of carbonyl (C=O) groups is 2. The summed E-state index contributed by atoms with van der Waals surface area (Å²) in [6, 6.07) is 3.76. The first-order chi connectivity index (χ1) is 8.50. The van der Waals surface area contributed by atoms with Crippen molar-refractivity contribution in [3.05, 3.63) is 28.8 Å². The van der Waals surface area contributed by atoms with Crippen LogP contribution in [-0.4, -0.2) is 39.6 Å². The minimum Gasteiger partial charge on any atom is -0.480 e. The molecule has 2 rings (SSSR count). The monoisotopic (exact) mass is 286 g/mol. The zero-order chi connectivity index (χ0) is 13.3. The standard InChI is InChI=1S/C11H11ClN2O3S/c12-7-3-6(1-2-8(7)13)10(15)14-5-18-4-9(14)11(16)17/h1-3,9H,4-5,13H2,(H,16,17). The molecule has 1 aromatic carbocycles. The molecule has 7 heteroatoms. The van der Waals surface area contributed by atoms with Gasteiger partial charge in [0.15, 0.2) is 0 Å². The third-order valence-electron chi connectivity index (χ3n) is 2.68. The van der Waals surface area contributed by atoms with Gasteiger partial charge in [0.2, 0.25) is 0 Å². The van der Waals surface area contributed by atoms with E-state index in [2.05, 4.69) is 0 Å². The lowest BCUT2D eigenvalue weighted by atomic mass is 10.1. The zero-order valence-electron chi connectivity index (χ0n) is 9.30. The number of nitrogens with two attached hydrogens (primary N) is 1. The summed E-state index contributed by atoms with van der Waals surface area (Å²) >= 11 is 7.26. The number of carboxylic acid groups (broad SMARTS) is 1. The minimum atomic E-state index is -0.991. The Morgan fingerprint density at radius 3 is 2.83 bits per heavy atom. The molecule has 1 heterocycles. The van der Waals surface area contributed by atoms with Crippen LogP contribution in [-0.2, 0) is 4.79 Å². The van der Waals surface area contributed by atoms with Crippen molar-refractivity contribution in [1.29, 1.82) is 0 Å². The molecule has 0 saturated carbocycles. The van der Waals surface area contributed by atoms with E-state index >= 15 is 0 Å². The number of nitrogen functional groups attached to an aromatic ring is 1. The Labute approximate surface area is 113 Å². The van der Waals surface area contributed by atoms with Crippen molar-refractivity contribution in [2.24, 2.45) is 0 Å². The fourth-order valence-corrected chi connectivity index (χ4v) is 3.00. The molecule has 1 fully saturated rings. The number of benzene rings is 1. The maximum Gasteiger partial charge on any atom is 0.327 e. The van der Waals surface area contributed by atoms with Gasteiger partial charge in [-0.05, 0) is 18.2 Å². The van der Waals surface area contributed by atoms with E-state index in [1.807, 2.05) is 0 Å². The summed E-state index contributed by atoms with van der Waals surface area (Å²) in [6.45, 7) is 0. The Morgan fingerprint density at radius 1 is 1.50 bits per heavy atom. The van der Waals surface area contributed by atoms with E-state index in [0.717, 1.165) is 0 Å². The van der Waals surface area contributed by atoms with Crippen LogP contribution in [0.15, 0.2) is 18.2 Å². The lowest BCUT2D eigenvalue weighted by Crippen LogP contribution is -2.41. The summed E-state index contributed by atoms with van der Waals surface area (Å²) in [5.41, 5.74) is 6.30. The van der Waals surface area contributed by atoms with E-state index in [-0.39, 0.29) is 5.91 Å². The van der Waals surface area contributed by atoms with Crippen LogP contribution >= 0.6 is 23.4 Å². The Balaban J connectivity index is 2.25. The predicted molar refractivity (Wildman–Crippen MR) is 70.8 cm³/mol. The second kappa shape index (κ2) is 5.07. The van der Waals surface area contributed by atoms with Gasteiger partial charge in [0.1, 0.15) is 6.04 Å². The number of nitrogens with zero attached hydrogens (tertiary/aromatic N) is 1. The predicted octanol–water partition coefficient (Wildman–Crippen LogP) is 1.52. The van der Waals surface area contributed by atoms with Gasteiger partial charge in [0.25, 0.3) is 5.91 Å². The highest BCUT2D eigenvalue weighted by Crippen LogP contribution is 2.25. The van der Waals surface area contributed by atoms with E-state index in [9.17, 15) is 9.59 Å². The van der Waals surface area contributed by atoms with Crippen LogP contribution in [0.4, 0.5) is 5.69 Å². The van der Waals surface area contributed by atoms with Crippen molar-refractivity contribution in [1.82, 2.24) is 4.90 Å². The van der Waals surface area contributed by atoms with E-state index in [1.165, 1.54) is 28.8 Å². The zero-order valence-corrected chi connectivity index (χ0v) is 10.9. The molecule has 1 amide bonds. The maximum atomic E-state index is 12.2. The highest BCUT2D eigenvalue weighted by atomic mass is 35.5. The topological polar surface area (TPSA) is 83.6 Å². The largest absolute Gasteiger partial charge is 0.480 e. The summed E-state index contributed by atoms with van der Waals surface area (Å²) in [5.74, 6) is -0.550. The molecule has 1 atom stereocenters. The van der Waals surface area contributed by atoms with Crippen LogP contribution in [0.1, 0.15) is 10.4 Å². The van der Waals surface area contributed by atoms with Gasteiger partial charge in [-0.3, -0.25) is 4.79 Å². The van der Waals surface area contributed by atoms with Gasteiger partial charge >= 0.3 is 5.97 Å². The molecule has 0 bridgehead atoms. The number of hydrogen-bond acceptors (Lipinski definition) is 4. The first kappa shape index (κ1) is 13.0. The van der Waals surface area contributed by atoms with E-state index in [4.69, 9.17) is 22.4 Å². The molecule has 1 unspecified atom stereocenters. The van der Waals surface area contributed by atoms with Gasteiger partial charge in [-0.1, -0.05) is 11.6 Å². The summed E-state index contributed by atoms with van der Waals surface area (Å²) in [7, 11) is 0. The van der Waals surface area contributed by atoms with Crippen molar-refractivity contribution in [3.8, 4) is 0 Å². The van der Waals surface area contributed by atoms with Crippen LogP contribution in [0.3, 0.4) is 0 Å². The molecule has 1 aliphatic heterocycles. The molecule has 1 aliphatic rings. The number of amides is 1. The minimum absolute atomic E-state index is 0.291. The van der Waals surface area contributed by atoms with Gasteiger partial charge in [0.05, 0.1) is 16.6 Å². The van der Waals surface area contributed by atoms with Crippen molar-refractivity contribution < 1.29 is 14.7 Å². The summed E-state index contributed by atoms with van der Waals surface area (Å²) in [5, 5.41) is 9.32. The molecule has 96 valence electrons. The second-order valence-corrected chi connectivity index (χ2v) is 5.27. The molecule has 1 aromatic rings. The smallest absolute Gasteiger partial charge is 0.327 e. The quantitative estimate of drug-likeness (QED) is 0.806. The molecular weight excluding hydrogens is 276 g/mol. The lowest BCUT2D eigenvalue weighted by Gasteiger charge is -2.20. The second-order valence-electron chi connectivity index (χ2n) is 3.87. The van der Waals surface area contributed by atoms with Crippen LogP contribution < -0.4 is 5.73 Å². The van der Waals surface area contributed by atoms with Crippen LogP contribution in [0, 0.1) is 0 Å². The first-order valence-electron chi connectivity index (χ1n) is 5.17. The molecule has 0 aromatic heterocycles. The number of carboxylic acids is 1. The number of hydrogen-bond donors (Lipinski definition) is 2. The number of thioether (sulfide) groups is 1. The van der Waals surface area contributed by atoms with Gasteiger partial charge in [0, 0.05) is 11.3 Å². The highest BCUT2D eigenvalue weighted by Gasteiger charge is 2.35. The number of rotatable bonds is 2. The highest BCUT2D eigenvalue weighted by molar-refractivity contribution is 7.99. The third kappa shape index (κ3) is 2.39. The van der Waals surface area contributed by atoms with E-state index in [1.54, 1.807) is 6.07 Å². The Kier molecular flexibility index (Phi) is 3.68. The fraction of sp³-hybridized carbons (Fsp3) is 0.273. The Bertz CT molecular complexity index is 509. The molecule has 0 aliphatic carbocycles. The molecule has 3 N–H and O–H groups in total. The van der Waals surface area contributed by atoms with Crippen molar-refractivity contribution >= 4 is 40.9 Å². The molecule has 0 radical (unpaired) electrons. The first-order valence-corrected chi connectivity index (χ1v) is 6.70. The average Bonchev–Trinajstić information content (AvgIpc) is 2.81. The summed E-state index contributed by atoms with van der Waals surface area (Å²) in [4.78, 5) is 24.5. The van der Waals surface area contributed by atoms with Crippen LogP contribution in [0.25, 0.3) is 0 Å². The molecule has 1 saturated heterocycles. The average molecular weight is 287 g/mol. The Morgan fingerprint density at radius 2 is 2.22 bits per heavy atom. The fourth-order valence-electron chi connectivity index (χ4n) is 1.67. The summed E-state index contributed by atoms with van der Waals surface area (Å²) in [6.07, 6.45) is 0. The summed E-state index contributed by atoms with van der Waals surface area (Å²) < 4.78 is 0. The van der Waals surface area contributed by atoms with Gasteiger partial charge in [-0.25, -0.2) is 4.79 Å². The van der Waals surface area contributed by atoms with Crippen molar-refractivity contribution in [2.45, 2.75) is 6.04 Å². The van der Waals surface area contributed by atoms with E-state index < -0.39 is 12.0 Å². The molecule has 18 heavy (non-hydrogen) atoms. The van der Waals surface area contributed by atoms with Crippen molar-refractivity contribution in [2.75, 3.05) is 17.4 Å². The lowest BCUT2D eigenvalue weighted by molar-refractivity contribution is -0.140. The van der Waals surface area contributed by atoms with Gasteiger partial charge in [-0.15, -0.1) is 11.8 Å². The third-order valence-corrected chi connectivity index (χ3v) is 4.02. The number of carbonyl (C=O) groups excluding carboxylic acids is 1. The Hall–Kier alpha value is -1.40. The SMILES string of the molecule is Nc1ccc(C(=O)N2CSCC2C(=O)O)cc1Cl. The van der Waals surface area contributed by atoms with Gasteiger partial charge in [-0.2, -0.15) is 0 Å². The maximum absolute atomic E-state index is 12.2. The van der Waals surface area contributed by atoms with Crippen LogP contribution in [0.5, 0.6) is 0 Å².